The number of nitrogens with one attached hydrogen (secondary N) is 1. The highest BCUT2D eigenvalue weighted by atomic mass is 32.2. The van der Waals surface area contributed by atoms with Gasteiger partial charge in [0.15, 0.2) is 19.7 Å². The van der Waals surface area contributed by atoms with Crippen molar-refractivity contribution in [3.63, 3.8) is 0 Å². The first-order chi connectivity index (χ1) is 9.16. The molecule has 0 radical (unpaired) electrons. The zero-order valence-corrected chi connectivity index (χ0v) is 13.6. The summed E-state index contributed by atoms with van der Waals surface area (Å²) >= 11 is 0. The lowest BCUT2D eigenvalue weighted by atomic mass is 10.3. The molecule has 5 nitrogen and oxygen atoms in total. The fourth-order valence-electron chi connectivity index (χ4n) is 1.77. The summed E-state index contributed by atoms with van der Waals surface area (Å²) in [5.74, 6) is -0.00871. The second kappa shape index (κ2) is 6.69. The van der Waals surface area contributed by atoms with Gasteiger partial charge in [-0.15, -0.1) is 0 Å². The van der Waals surface area contributed by atoms with Crippen LogP contribution in [0.5, 0.6) is 0 Å². The molecule has 0 aliphatic rings. The standard InChI is InChI=1S/C13H21NO4S2/c1-4-9-14-11(2)10-20(17,18)13-7-5-12(6-8-13)19(3,15)16/h5-8,11,14H,4,9-10H2,1-3H3. The minimum Gasteiger partial charge on any atom is -0.313 e. The van der Waals surface area contributed by atoms with Gasteiger partial charge in [-0.2, -0.15) is 0 Å². The molecule has 1 atom stereocenters. The number of sulfone groups is 2. The fraction of sp³-hybridized carbons (Fsp3) is 0.538. The maximum Gasteiger partial charge on any atom is 0.179 e. The van der Waals surface area contributed by atoms with E-state index in [9.17, 15) is 16.8 Å². The summed E-state index contributed by atoms with van der Waals surface area (Å²) in [6.45, 7) is 4.60. The summed E-state index contributed by atoms with van der Waals surface area (Å²) in [5.41, 5.74) is 0. The van der Waals surface area contributed by atoms with Crippen LogP contribution in [0.1, 0.15) is 20.3 Å². The molecule has 1 unspecified atom stereocenters. The van der Waals surface area contributed by atoms with Gasteiger partial charge in [0.25, 0.3) is 0 Å². The summed E-state index contributed by atoms with van der Waals surface area (Å²) in [5, 5.41) is 3.12. The van der Waals surface area contributed by atoms with E-state index >= 15 is 0 Å². The van der Waals surface area contributed by atoms with Gasteiger partial charge in [-0.25, -0.2) is 16.8 Å². The Hall–Kier alpha value is -0.920. The summed E-state index contributed by atoms with van der Waals surface area (Å²) < 4.78 is 47.0. The Morgan fingerprint density at radius 1 is 1.05 bits per heavy atom. The summed E-state index contributed by atoms with van der Waals surface area (Å²) in [6, 6.07) is 5.20. The molecule has 1 aromatic rings. The molecule has 0 saturated heterocycles. The Kier molecular flexibility index (Phi) is 5.73. The van der Waals surface area contributed by atoms with Crippen molar-refractivity contribution in [1.82, 2.24) is 5.32 Å². The highest BCUT2D eigenvalue weighted by Crippen LogP contribution is 2.16. The minimum atomic E-state index is -3.41. The fourth-order valence-corrected chi connectivity index (χ4v) is 3.92. The molecule has 1 N–H and O–H groups in total. The van der Waals surface area contributed by atoms with E-state index in [1.54, 1.807) is 0 Å². The minimum absolute atomic E-state index is 0.00871. The van der Waals surface area contributed by atoms with Crippen molar-refractivity contribution in [2.75, 3.05) is 18.6 Å². The predicted octanol–water partition coefficient (Wildman–Crippen LogP) is 1.25. The summed E-state index contributed by atoms with van der Waals surface area (Å²) in [7, 11) is -6.72. The normalized spacial score (nSPS) is 14.2. The van der Waals surface area contributed by atoms with E-state index in [4.69, 9.17) is 0 Å². The number of rotatable bonds is 7. The van der Waals surface area contributed by atoms with Crippen LogP contribution in [0.25, 0.3) is 0 Å². The third-order valence-corrected chi connectivity index (χ3v) is 5.88. The number of benzene rings is 1. The lowest BCUT2D eigenvalue weighted by Gasteiger charge is -2.13. The first-order valence-electron chi connectivity index (χ1n) is 6.43. The molecule has 0 aliphatic carbocycles. The Bertz CT molecular complexity index is 633. The maximum atomic E-state index is 12.2. The van der Waals surface area contributed by atoms with Crippen LogP contribution >= 0.6 is 0 Å². The van der Waals surface area contributed by atoms with Crippen molar-refractivity contribution in [2.45, 2.75) is 36.1 Å². The number of hydrogen-bond acceptors (Lipinski definition) is 5. The largest absolute Gasteiger partial charge is 0.313 e. The molecule has 0 heterocycles. The molecule has 1 aromatic carbocycles. The maximum absolute atomic E-state index is 12.2. The van der Waals surface area contributed by atoms with Gasteiger partial charge in [0.2, 0.25) is 0 Å². The molecule has 0 aromatic heterocycles. The van der Waals surface area contributed by atoms with E-state index in [1.165, 1.54) is 24.3 Å². The van der Waals surface area contributed by atoms with Crippen molar-refractivity contribution in [3.8, 4) is 0 Å². The highest BCUT2D eigenvalue weighted by molar-refractivity contribution is 7.91. The predicted molar refractivity (Wildman–Crippen MR) is 79.4 cm³/mol. The van der Waals surface area contributed by atoms with Gasteiger partial charge < -0.3 is 5.32 Å². The molecule has 0 bridgehead atoms. The summed E-state index contributed by atoms with van der Waals surface area (Å²) in [6.07, 6.45) is 2.03. The van der Waals surface area contributed by atoms with Crippen LogP contribution in [0.2, 0.25) is 0 Å². The molecule has 0 saturated carbocycles. The average Bonchev–Trinajstić information content (AvgIpc) is 2.35. The third-order valence-electron chi connectivity index (χ3n) is 2.82. The van der Waals surface area contributed by atoms with E-state index in [0.29, 0.717) is 0 Å². The molecule has 0 spiro atoms. The van der Waals surface area contributed by atoms with Crippen molar-refractivity contribution in [2.24, 2.45) is 0 Å². The number of hydrogen-bond donors (Lipinski definition) is 1. The summed E-state index contributed by atoms with van der Waals surface area (Å²) in [4.78, 5) is 0.267. The van der Waals surface area contributed by atoms with Crippen molar-refractivity contribution in [1.29, 1.82) is 0 Å². The lowest BCUT2D eigenvalue weighted by molar-refractivity contribution is 0.555. The van der Waals surface area contributed by atoms with E-state index in [2.05, 4.69) is 5.32 Å². The molecule has 7 heteroatoms. The molecule has 0 fully saturated rings. The van der Waals surface area contributed by atoms with Crippen LogP contribution in [-0.4, -0.2) is 41.4 Å². The van der Waals surface area contributed by atoms with Gasteiger partial charge in [-0.05, 0) is 44.2 Å². The quantitative estimate of drug-likeness (QED) is 0.818. The van der Waals surface area contributed by atoms with Crippen molar-refractivity contribution < 1.29 is 16.8 Å². The van der Waals surface area contributed by atoms with Gasteiger partial charge in [-0.1, -0.05) is 6.92 Å². The third kappa shape index (κ3) is 4.88. The Labute approximate surface area is 121 Å². The molecule has 114 valence electrons. The zero-order valence-electron chi connectivity index (χ0n) is 12.0. The second-order valence-corrected chi connectivity index (χ2v) is 8.93. The SMILES string of the molecule is CCCNC(C)CS(=O)(=O)c1ccc(S(C)(=O)=O)cc1. The van der Waals surface area contributed by atoms with Gasteiger partial charge >= 0.3 is 0 Å². The van der Waals surface area contributed by atoms with Crippen molar-refractivity contribution >= 4 is 19.7 Å². The topological polar surface area (TPSA) is 80.3 Å². The van der Waals surface area contributed by atoms with Gasteiger partial charge in [0.1, 0.15) is 0 Å². The molecule has 0 aliphatic heterocycles. The van der Waals surface area contributed by atoms with Crippen molar-refractivity contribution in [3.05, 3.63) is 24.3 Å². The Morgan fingerprint density at radius 2 is 1.55 bits per heavy atom. The monoisotopic (exact) mass is 319 g/mol. The Morgan fingerprint density at radius 3 is 2.00 bits per heavy atom. The van der Waals surface area contributed by atoms with E-state index < -0.39 is 19.7 Å². The van der Waals surface area contributed by atoms with Gasteiger partial charge in [0.05, 0.1) is 15.5 Å². The van der Waals surface area contributed by atoms with Crippen LogP contribution in [0, 0.1) is 0 Å². The average molecular weight is 319 g/mol. The van der Waals surface area contributed by atoms with Crippen LogP contribution in [0.3, 0.4) is 0 Å². The molecular formula is C13H21NO4S2. The second-order valence-electron chi connectivity index (χ2n) is 4.88. The van der Waals surface area contributed by atoms with Crippen LogP contribution in [-0.2, 0) is 19.7 Å². The van der Waals surface area contributed by atoms with E-state index in [0.717, 1.165) is 19.2 Å². The smallest absolute Gasteiger partial charge is 0.179 e. The highest BCUT2D eigenvalue weighted by Gasteiger charge is 2.19. The zero-order chi connectivity index (χ0) is 15.4. The van der Waals surface area contributed by atoms with Crippen LogP contribution in [0.15, 0.2) is 34.1 Å². The van der Waals surface area contributed by atoms with Gasteiger partial charge in [0, 0.05) is 12.3 Å². The lowest BCUT2D eigenvalue weighted by Crippen LogP contribution is -2.33. The molecule has 20 heavy (non-hydrogen) atoms. The van der Waals surface area contributed by atoms with Crippen LogP contribution in [0.4, 0.5) is 0 Å². The molecule has 1 rings (SSSR count). The van der Waals surface area contributed by atoms with Crippen LogP contribution < -0.4 is 5.32 Å². The first kappa shape index (κ1) is 17.1. The van der Waals surface area contributed by atoms with Gasteiger partial charge in [-0.3, -0.25) is 0 Å². The molecule has 0 amide bonds. The first-order valence-corrected chi connectivity index (χ1v) is 9.97. The van der Waals surface area contributed by atoms with E-state index in [-0.39, 0.29) is 21.6 Å². The Balaban J connectivity index is 2.88. The molecular weight excluding hydrogens is 298 g/mol. The van der Waals surface area contributed by atoms with E-state index in [1.807, 2.05) is 13.8 Å².